The molecule has 9 heteroatoms. The van der Waals surface area contributed by atoms with Gasteiger partial charge in [-0.05, 0) is 63.2 Å². The molecule has 0 aliphatic carbocycles. The Balaban J connectivity index is 1.94. The van der Waals surface area contributed by atoms with Crippen molar-refractivity contribution in [2.75, 3.05) is 29.3 Å². The highest BCUT2D eigenvalue weighted by molar-refractivity contribution is 9.10. The lowest BCUT2D eigenvalue weighted by Crippen LogP contribution is -2.38. The van der Waals surface area contributed by atoms with Crippen molar-refractivity contribution in [2.45, 2.75) is 25.7 Å². The summed E-state index contributed by atoms with van der Waals surface area (Å²) in [5.74, 6) is -0.775. The smallest absolute Gasteiger partial charge is 0.264 e. The molecule has 0 atom stereocenters. The molecule has 0 fully saturated rings. The van der Waals surface area contributed by atoms with E-state index in [1.807, 2.05) is 20.8 Å². The summed E-state index contributed by atoms with van der Waals surface area (Å²) >= 11 is 3.37. The molecule has 0 aliphatic rings. The van der Waals surface area contributed by atoms with E-state index in [9.17, 15) is 18.0 Å². The number of anilines is 2. The molecule has 1 N–H and O–H groups in total. The zero-order valence-electron chi connectivity index (χ0n) is 19.9. The maximum atomic E-state index is 13.6. The molecule has 3 aromatic carbocycles. The van der Waals surface area contributed by atoms with Crippen LogP contribution >= 0.6 is 15.9 Å². The van der Waals surface area contributed by atoms with E-state index in [0.29, 0.717) is 34.5 Å². The fourth-order valence-electron chi connectivity index (χ4n) is 3.56. The van der Waals surface area contributed by atoms with Crippen LogP contribution in [0.1, 0.15) is 29.8 Å². The Kier molecular flexibility index (Phi) is 8.69. The number of amides is 2. The van der Waals surface area contributed by atoms with Gasteiger partial charge in [-0.15, -0.1) is 0 Å². The Labute approximate surface area is 214 Å². The topological polar surface area (TPSA) is 86.8 Å². The Morgan fingerprint density at radius 1 is 0.914 bits per heavy atom. The van der Waals surface area contributed by atoms with E-state index in [2.05, 4.69) is 21.2 Å². The van der Waals surface area contributed by atoms with Crippen LogP contribution in [0.25, 0.3) is 0 Å². The third kappa shape index (κ3) is 6.29. The number of hydrogen-bond acceptors (Lipinski definition) is 4. The summed E-state index contributed by atoms with van der Waals surface area (Å²) in [6.45, 7) is 6.22. The number of nitrogens with one attached hydrogen (secondary N) is 1. The first-order valence-electron chi connectivity index (χ1n) is 11.2. The Hall–Kier alpha value is -3.17. The molecule has 0 unspecified atom stereocenters. The molecule has 3 aromatic rings. The molecule has 0 saturated heterocycles. The van der Waals surface area contributed by atoms with Crippen molar-refractivity contribution in [1.82, 2.24) is 4.90 Å². The minimum absolute atomic E-state index is 0.0768. The highest BCUT2D eigenvalue weighted by atomic mass is 79.9. The third-order valence-electron chi connectivity index (χ3n) is 5.47. The lowest BCUT2D eigenvalue weighted by Gasteiger charge is -2.25. The molecular formula is C26H28BrN3O4S. The minimum Gasteiger partial charge on any atom is -0.339 e. The number of nitrogens with zero attached hydrogens (tertiary/aromatic N) is 2. The van der Waals surface area contributed by atoms with Gasteiger partial charge in [0.15, 0.2) is 0 Å². The zero-order chi connectivity index (χ0) is 25.6. The number of hydrogen-bond donors (Lipinski definition) is 1. The van der Waals surface area contributed by atoms with Crippen LogP contribution in [0.2, 0.25) is 0 Å². The second kappa shape index (κ2) is 11.5. The van der Waals surface area contributed by atoms with Crippen molar-refractivity contribution in [2.24, 2.45) is 0 Å². The summed E-state index contributed by atoms with van der Waals surface area (Å²) in [6.07, 6.45) is 0. The average Bonchev–Trinajstić information content (AvgIpc) is 2.83. The first-order chi connectivity index (χ1) is 16.7. The van der Waals surface area contributed by atoms with Crippen molar-refractivity contribution >= 4 is 49.1 Å². The molecule has 0 heterocycles. The van der Waals surface area contributed by atoms with Gasteiger partial charge in [0.2, 0.25) is 5.91 Å². The van der Waals surface area contributed by atoms with E-state index in [4.69, 9.17) is 0 Å². The standard InChI is InChI=1S/C26H28BrN3O4S/c1-4-29(5-2)26(32)23-11-6-7-12-24(23)28-25(31)18-30(21-10-8-9-20(27)17-21)35(33,34)22-15-13-19(3)14-16-22/h6-17H,4-5,18H2,1-3H3,(H,28,31). The molecule has 7 nitrogen and oxygen atoms in total. The second-order valence-corrected chi connectivity index (χ2v) is 10.7. The fraction of sp³-hybridized carbons (Fsp3) is 0.231. The first-order valence-corrected chi connectivity index (χ1v) is 13.4. The van der Waals surface area contributed by atoms with Gasteiger partial charge in [-0.1, -0.05) is 51.8 Å². The van der Waals surface area contributed by atoms with Crippen LogP contribution in [-0.2, 0) is 14.8 Å². The lowest BCUT2D eigenvalue weighted by molar-refractivity contribution is -0.114. The van der Waals surface area contributed by atoms with Crippen LogP contribution in [0, 0.1) is 6.92 Å². The summed E-state index contributed by atoms with van der Waals surface area (Å²) in [5, 5.41) is 2.74. The van der Waals surface area contributed by atoms with Crippen molar-refractivity contribution < 1.29 is 18.0 Å². The molecule has 35 heavy (non-hydrogen) atoms. The molecule has 184 valence electrons. The van der Waals surface area contributed by atoms with E-state index in [-0.39, 0.29) is 10.8 Å². The molecular weight excluding hydrogens is 530 g/mol. The Morgan fingerprint density at radius 3 is 2.20 bits per heavy atom. The summed E-state index contributed by atoms with van der Waals surface area (Å²) in [5.41, 5.74) is 1.93. The van der Waals surface area contributed by atoms with Crippen molar-refractivity contribution in [3.63, 3.8) is 0 Å². The number of carbonyl (C=O) groups is 2. The van der Waals surface area contributed by atoms with Gasteiger partial charge in [-0.2, -0.15) is 0 Å². The van der Waals surface area contributed by atoms with Crippen LogP contribution in [0.15, 0.2) is 82.2 Å². The third-order valence-corrected chi connectivity index (χ3v) is 7.76. The number of sulfonamides is 1. The van der Waals surface area contributed by atoms with E-state index in [0.717, 1.165) is 9.87 Å². The van der Waals surface area contributed by atoms with E-state index >= 15 is 0 Å². The molecule has 0 radical (unpaired) electrons. The first kappa shape index (κ1) is 26.4. The molecule has 0 bridgehead atoms. The van der Waals surface area contributed by atoms with Gasteiger partial charge in [0, 0.05) is 17.6 Å². The van der Waals surface area contributed by atoms with Crippen LogP contribution in [0.3, 0.4) is 0 Å². The van der Waals surface area contributed by atoms with Crippen molar-refractivity contribution in [1.29, 1.82) is 0 Å². The summed E-state index contributed by atoms with van der Waals surface area (Å²) in [4.78, 5) is 27.8. The van der Waals surface area contributed by atoms with Gasteiger partial charge >= 0.3 is 0 Å². The normalized spacial score (nSPS) is 11.1. The molecule has 0 spiro atoms. The summed E-state index contributed by atoms with van der Waals surface area (Å²) in [7, 11) is -4.05. The zero-order valence-corrected chi connectivity index (χ0v) is 22.3. The van der Waals surface area contributed by atoms with Gasteiger partial charge in [0.05, 0.1) is 21.8 Å². The second-order valence-electron chi connectivity index (χ2n) is 7.88. The Bertz CT molecular complexity index is 1310. The largest absolute Gasteiger partial charge is 0.339 e. The maximum absolute atomic E-state index is 13.6. The number of aryl methyl sites for hydroxylation is 1. The average molecular weight is 558 g/mol. The molecule has 3 rings (SSSR count). The van der Waals surface area contributed by atoms with Gasteiger partial charge in [-0.25, -0.2) is 8.42 Å². The SMILES string of the molecule is CCN(CC)C(=O)c1ccccc1NC(=O)CN(c1cccc(Br)c1)S(=O)(=O)c1ccc(C)cc1. The number of benzene rings is 3. The van der Waals surface area contributed by atoms with Gasteiger partial charge < -0.3 is 10.2 Å². The quantitative estimate of drug-likeness (QED) is 0.397. The van der Waals surface area contributed by atoms with Gasteiger partial charge in [-0.3, -0.25) is 13.9 Å². The highest BCUT2D eigenvalue weighted by Gasteiger charge is 2.28. The molecule has 2 amide bonds. The van der Waals surface area contributed by atoms with Crippen molar-refractivity contribution in [3.05, 3.63) is 88.4 Å². The predicted octanol–water partition coefficient (Wildman–Crippen LogP) is 5.07. The number of halogens is 1. The van der Waals surface area contributed by atoms with Crippen LogP contribution in [-0.4, -0.2) is 44.8 Å². The number of rotatable bonds is 9. The summed E-state index contributed by atoms with van der Waals surface area (Å²) < 4.78 is 28.8. The van der Waals surface area contributed by atoms with E-state index in [1.165, 1.54) is 12.1 Å². The highest BCUT2D eigenvalue weighted by Crippen LogP contribution is 2.27. The fourth-order valence-corrected chi connectivity index (χ4v) is 5.36. The van der Waals surface area contributed by atoms with Gasteiger partial charge in [0.25, 0.3) is 15.9 Å². The predicted molar refractivity (Wildman–Crippen MR) is 142 cm³/mol. The Morgan fingerprint density at radius 2 is 1.57 bits per heavy atom. The van der Waals surface area contributed by atoms with Crippen LogP contribution in [0.4, 0.5) is 11.4 Å². The molecule has 0 saturated carbocycles. The monoisotopic (exact) mass is 557 g/mol. The molecule has 0 aromatic heterocycles. The number of carbonyl (C=O) groups excluding carboxylic acids is 2. The van der Waals surface area contributed by atoms with E-state index in [1.54, 1.807) is 65.6 Å². The van der Waals surface area contributed by atoms with Crippen molar-refractivity contribution in [3.8, 4) is 0 Å². The lowest BCUT2D eigenvalue weighted by atomic mass is 10.1. The minimum atomic E-state index is -4.05. The maximum Gasteiger partial charge on any atom is 0.264 e. The van der Waals surface area contributed by atoms with Gasteiger partial charge in [0.1, 0.15) is 6.54 Å². The van der Waals surface area contributed by atoms with Crippen LogP contribution in [0.5, 0.6) is 0 Å². The van der Waals surface area contributed by atoms with E-state index < -0.39 is 22.5 Å². The molecule has 0 aliphatic heterocycles. The van der Waals surface area contributed by atoms with Crippen LogP contribution < -0.4 is 9.62 Å². The summed E-state index contributed by atoms with van der Waals surface area (Å²) in [6, 6.07) is 19.9. The number of para-hydroxylation sites is 1.